The molecule has 1 saturated heterocycles. The number of hydrogen-bond donors (Lipinski definition) is 2. The van der Waals surface area contributed by atoms with Gasteiger partial charge in [0.15, 0.2) is 0 Å². The minimum atomic E-state index is -4.39. The van der Waals surface area contributed by atoms with Crippen molar-refractivity contribution in [1.29, 1.82) is 0 Å². The van der Waals surface area contributed by atoms with Crippen LogP contribution in [0.2, 0.25) is 0 Å². The number of fused-ring (bicyclic) bond motifs is 2. The molecule has 5 heterocycles. The normalized spacial score (nSPS) is 22.9. The average Bonchev–Trinajstić information content (AvgIpc) is 3.57. The van der Waals surface area contributed by atoms with Crippen molar-refractivity contribution in [1.82, 2.24) is 34.8 Å². The van der Waals surface area contributed by atoms with Gasteiger partial charge in [0, 0.05) is 47.9 Å². The van der Waals surface area contributed by atoms with Gasteiger partial charge in [0.05, 0.1) is 40.3 Å². The lowest BCUT2D eigenvalue weighted by Crippen LogP contribution is -2.54. The maximum absolute atomic E-state index is 13.1. The van der Waals surface area contributed by atoms with E-state index in [0.29, 0.717) is 40.7 Å². The standard InChI is InChI=1S/C32H29F3N8O4/c33-32(34,35)15-42-26-10-24(37-12-18(26)13-38-42)23-14-41(40-28(23)17-1-2-17)20-7-16(8-20)11-36-19-3-4-21-22(9-19)31(47)43(30(21)46)25-5-6-27(44)39-29(25)45/h3-4,9-10,12-14,16-17,20,25,36H,1-2,5-8,11,15H2,(H,39,44,45)/t16-,20-,25?. The summed E-state index contributed by atoms with van der Waals surface area (Å²) < 4.78 is 42.2. The quantitative estimate of drug-likeness (QED) is 0.271. The van der Waals surface area contributed by atoms with E-state index in [1.165, 1.54) is 6.20 Å². The highest BCUT2D eigenvalue weighted by atomic mass is 19.4. The van der Waals surface area contributed by atoms with E-state index in [4.69, 9.17) is 5.10 Å². The van der Waals surface area contributed by atoms with Gasteiger partial charge in [-0.1, -0.05) is 0 Å². The third kappa shape index (κ3) is 5.32. The summed E-state index contributed by atoms with van der Waals surface area (Å²) in [5, 5.41) is 14.9. The molecule has 0 spiro atoms. The molecule has 3 fully saturated rings. The van der Waals surface area contributed by atoms with Crippen LogP contribution in [0.25, 0.3) is 22.2 Å². The number of benzene rings is 1. The zero-order valence-electron chi connectivity index (χ0n) is 25.0. The van der Waals surface area contributed by atoms with Crippen molar-refractivity contribution >= 4 is 40.2 Å². The maximum atomic E-state index is 13.1. The van der Waals surface area contributed by atoms with Crippen LogP contribution in [0.1, 0.15) is 76.9 Å². The maximum Gasteiger partial charge on any atom is 0.408 e. The van der Waals surface area contributed by atoms with E-state index < -0.39 is 42.4 Å². The summed E-state index contributed by atoms with van der Waals surface area (Å²) in [6.07, 6.45) is 4.40. The number of piperidine rings is 1. The first-order valence-electron chi connectivity index (χ1n) is 15.6. The van der Waals surface area contributed by atoms with E-state index in [0.717, 1.165) is 46.5 Å². The highest BCUT2D eigenvalue weighted by Gasteiger charge is 2.45. The van der Waals surface area contributed by atoms with Crippen LogP contribution in [0.4, 0.5) is 18.9 Å². The lowest BCUT2D eigenvalue weighted by atomic mass is 9.80. The smallest absolute Gasteiger partial charge is 0.385 e. The summed E-state index contributed by atoms with van der Waals surface area (Å²) in [7, 11) is 0. The first-order chi connectivity index (χ1) is 22.5. The van der Waals surface area contributed by atoms with Crippen LogP contribution in [0.3, 0.4) is 0 Å². The summed E-state index contributed by atoms with van der Waals surface area (Å²) in [6.45, 7) is -0.536. The van der Waals surface area contributed by atoms with Crippen LogP contribution in [-0.4, -0.2) is 71.8 Å². The van der Waals surface area contributed by atoms with Crippen molar-refractivity contribution in [3.63, 3.8) is 0 Å². The fourth-order valence-electron chi connectivity index (χ4n) is 6.79. The van der Waals surface area contributed by atoms with Crippen molar-refractivity contribution in [3.8, 4) is 11.3 Å². The van der Waals surface area contributed by atoms with Gasteiger partial charge in [-0.15, -0.1) is 0 Å². The predicted octanol–water partition coefficient (Wildman–Crippen LogP) is 4.20. The number of alkyl halides is 3. The molecular weight excluding hydrogens is 617 g/mol. The Balaban J connectivity index is 0.929. The number of hydrogen-bond acceptors (Lipinski definition) is 8. The Morgan fingerprint density at radius 3 is 2.49 bits per heavy atom. The summed E-state index contributed by atoms with van der Waals surface area (Å²) >= 11 is 0. The number of pyridine rings is 1. The second-order valence-corrected chi connectivity index (χ2v) is 12.8. The van der Waals surface area contributed by atoms with Gasteiger partial charge in [0.2, 0.25) is 11.8 Å². The number of nitrogens with zero attached hydrogens (tertiary/aromatic N) is 6. The van der Waals surface area contributed by atoms with Crippen LogP contribution < -0.4 is 10.6 Å². The van der Waals surface area contributed by atoms with Gasteiger partial charge in [-0.25, -0.2) is 0 Å². The van der Waals surface area contributed by atoms with E-state index in [9.17, 15) is 32.3 Å². The first-order valence-corrected chi connectivity index (χ1v) is 15.6. The number of aromatic nitrogens is 5. The van der Waals surface area contributed by atoms with E-state index in [2.05, 4.69) is 20.7 Å². The summed E-state index contributed by atoms with van der Waals surface area (Å²) in [4.78, 5) is 55.5. The summed E-state index contributed by atoms with van der Waals surface area (Å²) in [5.74, 6) is -1.52. The zero-order chi connectivity index (χ0) is 32.6. The Labute approximate surface area is 265 Å². The van der Waals surface area contributed by atoms with Crippen LogP contribution in [0.15, 0.2) is 42.9 Å². The van der Waals surface area contributed by atoms with Gasteiger partial charge in [0.25, 0.3) is 11.8 Å². The number of nitrogens with one attached hydrogen (secondary N) is 2. The molecule has 4 aliphatic rings. The SMILES string of the molecule is O=C1CCC(N2C(=O)c3ccc(NC[C@H]4C[C@H](n5cc(-c6cc7c(cn6)cnn7CC(F)(F)F)c(C6CC6)n5)C4)cc3C2=O)C(=O)N1. The highest BCUT2D eigenvalue weighted by molar-refractivity contribution is 6.23. The van der Waals surface area contributed by atoms with Crippen LogP contribution in [0.5, 0.6) is 0 Å². The Morgan fingerprint density at radius 2 is 1.74 bits per heavy atom. The molecule has 1 unspecified atom stereocenters. The van der Waals surface area contributed by atoms with Crippen molar-refractivity contribution < 1.29 is 32.3 Å². The van der Waals surface area contributed by atoms with Gasteiger partial charge in [-0.2, -0.15) is 23.4 Å². The third-order valence-corrected chi connectivity index (χ3v) is 9.48. The third-order valence-electron chi connectivity index (χ3n) is 9.48. The molecule has 2 aliphatic carbocycles. The molecule has 1 aromatic carbocycles. The van der Waals surface area contributed by atoms with Crippen LogP contribution >= 0.6 is 0 Å². The molecule has 0 radical (unpaired) electrons. The molecule has 2 N–H and O–H groups in total. The molecule has 12 nitrogen and oxygen atoms in total. The summed E-state index contributed by atoms with van der Waals surface area (Å²) in [6, 6.07) is 5.76. The van der Waals surface area contributed by atoms with Gasteiger partial charge in [0.1, 0.15) is 12.6 Å². The molecule has 3 aromatic heterocycles. The number of imide groups is 2. The molecule has 2 saturated carbocycles. The largest absolute Gasteiger partial charge is 0.408 e. The summed E-state index contributed by atoms with van der Waals surface area (Å²) in [5.41, 5.74) is 3.84. The van der Waals surface area contributed by atoms with E-state index in [1.54, 1.807) is 30.5 Å². The van der Waals surface area contributed by atoms with Gasteiger partial charge in [-0.3, -0.25) is 43.7 Å². The highest BCUT2D eigenvalue weighted by Crippen LogP contribution is 2.46. The van der Waals surface area contributed by atoms with Gasteiger partial charge in [-0.05, 0) is 62.3 Å². The number of amides is 4. The van der Waals surface area contributed by atoms with E-state index in [1.807, 2.05) is 10.9 Å². The number of anilines is 1. The van der Waals surface area contributed by atoms with Crippen molar-refractivity contribution in [2.45, 2.75) is 69.2 Å². The number of rotatable bonds is 8. The topological polar surface area (TPSA) is 144 Å². The fraction of sp³-hybridized carbons (Fsp3) is 0.406. The fourth-order valence-corrected chi connectivity index (χ4v) is 6.79. The van der Waals surface area contributed by atoms with E-state index in [-0.39, 0.29) is 30.0 Å². The Morgan fingerprint density at radius 1 is 0.957 bits per heavy atom. The monoisotopic (exact) mass is 646 g/mol. The Kier molecular flexibility index (Phi) is 6.70. The Hall–Kier alpha value is -5.08. The lowest BCUT2D eigenvalue weighted by molar-refractivity contribution is -0.142. The Bertz CT molecular complexity index is 1970. The minimum Gasteiger partial charge on any atom is -0.385 e. The van der Waals surface area contributed by atoms with Crippen LogP contribution in [-0.2, 0) is 16.1 Å². The number of carbonyl (C=O) groups is 4. The lowest BCUT2D eigenvalue weighted by Gasteiger charge is -2.35. The molecule has 8 rings (SSSR count). The van der Waals surface area contributed by atoms with Crippen molar-refractivity contribution in [2.75, 3.05) is 11.9 Å². The zero-order valence-corrected chi connectivity index (χ0v) is 25.0. The molecule has 4 aromatic rings. The van der Waals surface area contributed by atoms with Crippen molar-refractivity contribution in [2.24, 2.45) is 5.92 Å². The molecule has 2 aliphatic heterocycles. The van der Waals surface area contributed by atoms with Gasteiger partial charge >= 0.3 is 6.18 Å². The van der Waals surface area contributed by atoms with Crippen molar-refractivity contribution in [3.05, 3.63) is 59.7 Å². The second kappa shape index (κ2) is 10.7. The molecule has 4 amide bonds. The second-order valence-electron chi connectivity index (χ2n) is 12.8. The minimum absolute atomic E-state index is 0.0607. The molecule has 242 valence electrons. The predicted molar refractivity (Wildman–Crippen MR) is 160 cm³/mol. The number of halogens is 3. The van der Waals surface area contributed by atoms with Gasteiger partial charge < -0.3 is 5.32 Å². The van der Waals surface area contributed by atoms with Crippen LogP contribution in [0, 0.1) is 5.92 Å². The average molecular weight is 647 g/mol. The van der Waals surface area contributed by atoms with E-state index >= 15 is 0 Å². The molecule has 47 heavy (non-hydrogen) atoms. The first kappa shape index (κ1) is 29.3. The molecular formula is C32H29F3N8O4. The molecule has 15 heteroatoms. The molecule has 1 atom stereocenters. The number of carbonyl (C=O) groups excluding carboxylic acids is 4. The molecule has 0 bridgehead atoms.